The van der Waals surface area contributed by atoms with Crippen molar-refractivity contribution in [3.05, 3.63) is 93.4 Å². The third-order valence-electron chi connectivity index (χ3n) is 4.04. The van der Waals surface area contributed by atoms with E-state index in [9.17, 15) is 22.8 Å². The van der Waals surface area contributed by atoms with E-state index in [2.05, 4.69) is 10.4 Å². The molecule has 144 valence electrons. The molecule has 0 aliphatic rings. The van der Waals surface area contributed by atoms with Gasteiger partial charge in [0.05, 0.1) is 11.3 Å². The zero-order valence-corrected chi connectivity index (χ0v) is 14.8. The third-order valence-corrected chi connectivity index (χ3v) is 4.04. The Morgan fingerprint density at radius 3 is 2.46 bits per heavy atom. The first-order valence-electron chi connectivity index (χ1n) is 8.36. The summed E-state index contributed by atoms with van der Waals surface area (Å²) in [5.41, 5.74) is -0.597. The molecular weight excluding hydrogens is 371 g/mol. The van der Waals surface area contributed by atoms with Gasteiger partial charge in [0.15, 0.2) is 5.69 Å². The van der Waals surface area contributed by atoms with E-state index in [1.54, 1.807) is 0 Å². The number of aryl methyl sites for hydroxylation is 1. The molecule has 0 fully saturated rings. The average Bonchev–Trinajstić information content (AvgIpc) is 2.66. The molecule has 0 atom stereocenters. The lowest BCUT2D eigenvalue weighted by Gasteiger charge is -2.13. The summed E-state index contributed by atoms with van der Waals surface area (Å²) in [5, 5.41) is 6.60. The molecule has 3 aromatic rings. The molecule has 0 bridgehead atoms. The summed E-state index contributed by atoms with van der Waals surface area (Å²) in [4.78, 5) is 24.6. The summed E-state index contributed by atoms with van der Waals surface area (Å²) < 4.78 is 40.1. The van der Waals surface area contributed by atoms with Gasteiger partial charge in [-0.3, -0.25) is 9.59 Å². The molecule has 3 rings (SSSR count). The summed E-state index contributed by atoms with van der Waals surface area (Å²) in [6, 6.07) is 14.8. The number of aromatic nitrogens is 2. The Balaban J connectivity index is 1.93. The van der Waals surface area contributed by atoms with Crippen molar-refractivity contribution in [1.82, 2.24) is 15.1 Å². The van der Waals surface area contributed by atoms with Crippen LogP contribution in [0.5, 0.6) is 0 Å². The maximum Gasteiger partial charge on any atom is 0.416 e. The normalized spacial score (nSPS) is 11.3. The predicted molar refractivity (Wildman–Crippen MR) is 97.2 cm³/mol. The van der Waals surface area contributed by atoms with Crippen LogP contribution in [-0.4, -0.2) is 15.7 Å². The largest absolute Gasteiger partial charge is 0.416 e. The van der Waals surface area contributed by atoms with E-state index in [0.717, 1.165) is 22.4 Å². The van der Waals surface area contributed by atoms with Crippen LogP contribution in [0.4, 0.5) is 13.2 Å². The number of nitrogens with zero attached hydrogens (tertiary/aromatic N) is 2. The highest BCUT2D eigenvalue weighted by atomic mass is 19.4. The van der Waals surface area contributed by atoms with E-state index >= 15 is 0 Å². The Bertz CT molecular complexity index is 1060. The van der Waals surface area contributed by atoms with Gasteiger partial charge in [-0.2, -0.15) is 18.3 Å². The van der Waals surface area contributed by atoms with E-state index in [1.807, 2.05) is 30.3 Å². The molecule has 0 unspecified atom stereocenters. The summed E-state index contributed by atoms with van der Waals surface area (Å²) in [7, 11) is 0. The van der Waals surface area contributed by atoms with Crippen LogP contribution >= 0.6 is 0 Å². The number of benzene rings is 2. The molecule has 5 nitrogen and oxygen atoms in total. The minimum absolute atomic E-state index is 0.101. The second-order valence-corrected chi connectivity index (χ2v) is 6.13. The number of alkyl halides is 3. The zero-order chi connectivity index (χ0) is 20.3. The summed E-state index contributed by atoms with van der Waals surface area (Å²) in [5.74, 6) is -0.699. The highest BCUT2D eigenvalue weighted by Crippen LogP contribution is 2.30. The molecule has 1 N–H and O–H groups in total. The molecule has 0 saturated carbocycles. The lowest BCUT2D eigenvalue weighted by atomic mass is 10.2. The number of carbonyl (C=O) groups excluding carboxylic acids is 1. The van der Waals surface area contributed by atoms with Gasteiger partial charge in [-0.25, -0.2) is 4.68 Å². The molecule has 2 aromatic carbocycles. The fraction of sp³-hybridized carbons (Fsp3) is 0.150. The summed E-state index contributed by atoms with van der Waals surface area (Å²) in [6.07, 6.45) is -4.52. The van der Waals surface area contributed by atoms with E-state index in [4.69, 9.17) is 0 Å². The Morgan fingerprint density at radius 2 is 1.79 bits per heavy atom. The van der Waals surface area contributed by atoms with Crippen molar-refractivity contribution in [2.45, 2.75) is 19.6 Å². The molecule has 1 heterocycles. The minimum atomic E-state index is -4.52. The number of nitrogens with one attached hydrogen (secondary N) is 1. The van der Waals surface area contributed by atoms with Gasteiger partial charge in [-0.1, -0.05) is 36.4 Å². The molecule has 8 heteroatoms. The van der Waals surface area contributed by atoms with Crippen LogP contribution in [0.15, 0.2) is 65.5 Å². The number of hydrogen-bond acceptors (Lipinski definition) is 3. The Labute approximate surface area is 158 Å². The van der Waals surface area contributed by atoms with Crippen molar-refractivity contribution in [3.8, 4) is 5.69 Å². The monoisotopic (exact) mass is 387 g/mol. The van der Waals surface area contributed by atoms with Crippen molar-refractivity contribution < 1.29 is 18.0 Å². The number of hydrogen-bond donors (Lipinski definition) is 1. The maximum absolute atomic E-state index is 13.0. The molecule has 0 radical (unpaired) electrons. The number of halogens is 3. The quantitative estimate of drug-likeness (QED) is 0.745. The van der Waals surface area contributed by atoms with Crippen molar-refractivity contribution >= 4 is 5.91 Å². The van der Waals surface area contributed by atoms with Crippen LogP contribution in [0.3, 0.4) is 0 Å². The van der Waals surface area contributed by atoms with Gasteiger partial charge >= 0.3 is 6.18 Å². The fourth-order valence-electron chi connectivity index (χ4n) is 2.64. The Hall–Kier alpha value is -3.42. The first-order valence-corrected chi connectivity index (χ1v) is 8.36. The van der Waals surface area contributed by atoms with Crippen molar-refractivity contribution in [1.29, 1.82) is 0 Å². The molecule has 0 aliphatic carbocycles. The number of rotatable bonds is 4. The predicted octanol–water partition coefficient (Wildman–Crippen LogP) is 3.49. The fourth-order valence-corrected chi connectivity index (χ4v) is 2.64. The molecular formula is C20H16F3N3O2. The summed E-state index contributed by atoms with van der Waals surface area (Å²) >= 11 is 0. The van der Waals surface area contributed by atoms with Gasteiger partial charge < -0.3 is 5.32 Å². The molecule has 0 aliphatic heterocycles. The first-order chi connectivity index (χ1) is 13.3. The number of carbonyl (C=O) groups is 1. The zero-order valence-electron chi connectivity index (χ0n) is 14.8. The second kappa shape index (κ2) is 7.67. The smallest absolute Gasteiger partial charge is 0.346 e. The van der Waals surface area contributed by atoms with Crippen LogP contribution in [0.1, 0.15) is 27.3 Å². The SMILES string of the molecule is Cc1cc(=O)c(C(=O)NCc2ccccc2)nn1-c1cccc(C(F)(F)F)c1. The van der Waals surface area contributed by atoms with Crippen LogP contribution in [-0.2, 0) is 12.7 Å². The van der Waals surface area contributed by atoms with Crippen molar-refractivity contribution in [2.24, 2.45) is 0 Å². The van der Waals surface area contributed by atoms with Gasteiger partial charge in [0, 0.05) is 18.3 Å². The average molecular weight is 387 g/mol. The van der Waals surface area contributed by atoms with Crippen LogP contribution < -0.4 is 10.7 Å². The molecule has 0 saturated heterocycles. The van der Waals surface area contributed by atoms with Gasteiger partial charge in [-0.05, 0) is 30.7 Å². The first kappa shape index (κ1) is 19.3. The molecule has 0 spiro atoms. The third kappa shape index (κ3) is 4.28. The highest BCUT2D eigenvalue weighted by molar-refractivity contribution is 5.92. The van der Waals surface area contributed by atoms with E-state index in [-0.39, 0.29) is 17.9 Å². The lowest BCUT2D eigenvalue weighted by molar-refractivity contribution is -0.137. The minimum Gasteiger partial charge on any atom is -0.346 e. The topological polar surface area (TPSA) is 64.0 Å². The summed E-state index contributed by atoms with van der Waals surface area (Å²) in [6.45, 7) is 1.72. The molecule has 1 amide bonds. The van der Waals surface area contributed by atoms with Crippen LogP contribution in [0, 0.1) is 6.92 Å². The van der Waals surface area contributed by atoms with Gasteiger partial charge in [-0.15, -0.1) is 0 Å². The van der Waals surface area contributed by atoms with Crippen LogP contribution in [0.2, 0.25) is 0 Å². The van der Waals surface area contributed by atoms with Crippen LogP contribution in [0.25, 0.3) is 5.69 Å². The van der Waals surface area contributed by atoms with Gasteiger partial charge in [0.2, 0.25) is 5.43 Å². The standard InChI is InChI=1S/C20H16F3N3O2/c1-13-10-17(27)18(19(28)24-12-14-6-3-2-4-7-14)25-26(13)16-9-5-8-15(11-16)20(21,22)23/h2-11H,12H2,1H3,(H,24,28). The highest BCUT2D eigenvalue weighted by Gasteiger charge is 2.30. The van der Waals surface area contributed by atoms with Gasteiger partial charge in [0.1, 0.15) is 0 Å². The Kier molecular flexibility index (Phi) is 5.30. The maximum atomic E-state index is 13.0. The van der Waals surface area contributed by atoms with E-state index in [1.165, 1.54) is 25.1 Å². The van der Waals surface area contributed by atoms with E-state index < -0.39 is 23.1 Å². The van der Waals surface area contributed by atoms with E-state index in [0.29, 0.717) is 5.69 Å². The number of amides is 1. The van der Waals surface area contributed by atoms with Crippen molar-refractivity contribution in [3.63, 3.8) is 0 Å². The second-order valence-electron chi connectivity index (χ2n) is 6.13. The molecule has 28 heavy (non-hydrogen) atoms. The van der Waals surface area contributed by atoms with Crippen molar-refractivity contribution in [2.75, 3.05) is 0 Å². The Morgan fingerprint density at radius 1 is 1.07 bits per heavy atom. The lowest BCUT2D eigenvalue weighted by Crippen LogP contribution is -2.31. The molecule has 1 aromatic heterocycles. The van der Waals surface area contributed by atoms with Gasteiger partial charge in [0.25, 0.3) is 5.91 Å².